The molecule has 0 fully saturated rings. The van der Waals surface area contributed by atoms with Gasteiger partial charge in [-0.3, -0.25) is 14.5 Å². The van der Waals surface area contributed by atoms with E-state index in [2.05, 4.69) is 0 Å². The Morgan fingerprint density at radius 1 is 1.12 bits per heavy atom. The van der Waals surface area contributed by atoms with Crippen molar-refractivity contribution in [3.05, 3.63) is 35.4 Å². The van der Waals surface area contributed by atoms with Gasteiger partial charge in [0, 0.05) is 13.0 Å². The van der Waals surface area contributed by atoms with E-state index in [-0.39, 0.29) is 11.8 Å². The van der Waals surface area contributed by atoms with Crippen molar-refractivity contribution in [1.29, 1.82) is 0 Å². The van der Waals surface area contributed by atoms with Crippen molar-refractivity contribution in [2.75, 3.05) is 19.4 Å². The molecule has 4 nitrogen and oxygen atoms in total. The maximum absolute atomic E-state index is 11.9. The number of fused-ring (bicyclic) bond motifs is 1. The molecule has 0 saturated carbocycles. The number of carbonyl (C=O) groups excluding carboxylic acids is 2. The van der Waals surface area contributed by atoms with Gasteiger partial charge in [0.25, 0.3) is 11.8 Å². The molecule has 17 heavy (non-hydrogen) atoms. The molecule has 0 bridgehead atoms. The molecule has 0 radical (unpaired) electrons. The van der Waals surface area contributed by atoms with E-state index in [0.29, 0.717) is 30.3 Å². The van der Waals surface area contributed by atoms with Gasteiger partial charge in [-0.15, -0.1) is 0 Å². The molecule has 0 N–H and O–H groups in total. The molecule has 0 spiro atoms. The van der Waals surface area contributed by atoms with Gasteiger partial charge in [-0.2, -0.15) is 0 Å². The monoisotopic (exact) mass is 250 g/mol. The van der Waals surface area contributed by atoms with E-state index in [0.717, 1.165) is 0 Å². The van der Waals surface area contributed by atoms with E-state index >= 15 is 0 Å². The van der Waals surface area contributed by atoms with Crippen molar-refractivity contribution < 1.29 is 14.2 Å². The summed E-state index contributed by atoms with van der Waals surface area (Å²) < 4.78 is 11.0. The molecular formula is C12H13NO3P+. The van der Waals surface area contributed by atoms with Crippen molar-refractivity contribution in [2.24, 2.45) is 0 Å². The number of benzene rings is 1. The van der Waals surface area contributed by atoms with Crippen LogP contribution in [0, 0.1) is 0 Å². The van der Waals surface area contributed by atoms with Crippen molar-refractivity contribution in [3.63, 3.8) is 0 Å². The zero-order valence-corrected chi connectivity index (χ0v) is 10.4. The molecule has 1 unspecified atom stereocenters. The Balaban J connectivity index is 2.11. The summed E-state index contributed by atoms with van der Waals surface area (Å²) in [4.78, 5) is 25.1. The summed E-state index contributed by atoms with van der Waals surface area (Å²) in [5.74, 6) is -0.478. The molecule has 1 heterocycles. The maximum Gasteiger partial charge on any atom is 0.335 e. The summed E-state index contributed by atoms with van der Waals surface area (Å²) in [5.41, 5.74) is 0.941. The Hall–Kier alpha value is -1.54. The fourth-order valence-corrected chi connectivity index (χ4v) is 2.48. The second kappa shape index (κ2) is 4.76. The van der Waals surface area contributed by atoms with E-state index in [4.69, 9.17) is 0 Å². The largest absolute Gasteiger partial charge is 0.335 e. The zero-order valence-electron chi connectivity index (χ0n) is 9.55. The summed E-state index contributed by atoms with van der Waals surface area (Å²) in [5, 5.41) is 0. The summed E-state index contributed by atoms with van der Waals surface area (Å²) in [7, 11) is -1.21. The minimum absolute atomic E-state index is 0.239. The lowest BCUT2D eigenvalue weighted by atomic mass is 10.1. The number of hydrogen-bond acceptors (Lipinski definition) is 3. The van der Waals surface area contributed by atoms with Crippen LogP contribution in [-0.4, -0.2) is 36.1 Å². The third-order valence-corrected chi connectivity index (χ3v) is 3.68. The lowest BCUT2D eigenvalue weighted by molar-refractivity contribution is 0.0654. The Morgan fingerprint density at radius 3 is 2.12 bits per heavy atom. The van der Waals surface area contributed by atoms with Crippen LogP contribution in [-0.2, 0) is 4.57 Å². The van der Waals surface area contributed by atoms with Crippen LogP contribution in [0.1, 0.15) is 27.1 Å². The second-order valence-electron chi connectivity index (χ2n) is 4.01. The number of imide groups is 1. The second-order valence-corrected chi connectivity index (χ2v) is 5.72. The Kier molecular flexibility index (Phi) is 3.34. The van der Waals surface area contributed by atoms with Gasteiger partial charge in [0.15, 0.2) is 0 Å². The minimum atomic E-state index is -1.21. The van der Waals surface area contributed by atoms with Crippen LogP contribution in [0.15, 0.2) is 24.3 Å². The van der Waals surface area contributed by atoms with Crippen LogP contribution in [0.3, 0.4) is 0 Å². The Labute approximate surface area is 100 Å². The zero-order chi connectivity index (χ0) is 12.4. The van der Waals surface area contributed by atoms with Crippen LogP contribution >= 0.6 is 7.80 Å². The van der Waals surface area contributed by atoms with Crippen LogP contribution in [0.25, 0.3) is 0 Å². The van der Waals surface area contributed by atoms with Gasteiger partial charge in [-0.05, 0) is 12.1 Å². The molecule has 1 aromatic carbocycles. The average molecular weight is 250 g/mol. The maximum atomic E-state index is 11.9. The fourth-order valence-electron chi connectivity index (χ4n) is 1.89. The lowest BCUT2D eigenvalue weighted by Gasteiger charge is -2.11. The van der Waals surface area contributed by atoms with Gasteiger partial charge in [-0.25, -0.2) is 0 Å². The summed E-state index contributed by atoms with van der Waals surface area (Å²) in [6.07, 6.45) is 1.14. The summed E-state index contributed by atoms with van der Waals surface area (Å²) in [6, 6.07) is 6.82. The van der Waals surface area contributed by atoms with Crippen molar-refractivity contribution in [1.82, 2.24) is 4.90 Å². The standard InChI is InChI=1S/C12H13NO3P/c1-17(16)8-4-7-13-11(14)9-5-2-3-6-10(9)12(13)15/h2-3,5-6H,4,7-8H2,1H3/q+1. The van der Waals surface area contributed by atoms with Gasteiger partial charge in [0.05, 0.1) is 11.1 Å². The molecule has 5 heteroatoms. The Morgan fingerprint density at radius 2 is 1.65 bits per heavy atom. The SMILES string of the molecule is C[P+](=O)CCCN1C(=O)c2ccccc2C1=O. The predicted octanol–water partition coefficient (Wildman–Crippen LogP) is 2.13. The van der Waals surface area contributed by atoms with E-state index in [1.54, 1.807) is 30.9 Å². The number of nitrogens with zero attached hydrogens (tertiary/aromatic N) is 1. The molecular weight excluding hydrogens is 237 g/mol. The van der Waals surface area contributed by atoms with E-state index < -0.39 is 7.80 Å². The lowest BCUT2D eigenvalue weighted by Crippen LogP contribution is -2.30. The van der Waals surface area contributed by atoms with Crippen molar-refractivity contribution in [2.45, 2.75) is 6.42 Å². The molecule has 0 aromatic heterocycles. The molecule has 1 aliphatic rings. The first kappa shape index (κ1) is 11.9. The van der Waals surface area contributed by atoms with Crippen LogP contribution in [0.2, 0.25) is 0 Å². The number of carbonyl (C=O) groups is 2. The van der Waals surface area contributed by atoms with E-state index in [1.165, 1.54) is 4.90 Å². The number of hydrogen-bond donors (Lipinski definition) is 0. The van der Waals surface area contributed by atoms with Crippen LogP contribution in [0.4, 0.5) is 0 Å². The average Bonchev–Trinajstić information content (AvgIpc) is 2.54. The Bertz CT molecular complexity index is 463. The molecule has 88 valence electrons. The summed E-state index contributed by atoms with van der Waals surface area (Å²) in [6.45, 7) is 2.00. The first-order valence-electron chi connectivity index (χ1n) is 5.45. The molecule has 2 amide bonds. The van der Waals surface area contributed by atoms with Crippen molar-refractivity contribution >= 4 is 19.6 Å². The molecule has 2 rings (SSSR count). The quantitative estimate of drug-likeness (QED) is 0.607. The van der Waals surface area contributed by atoms with Gasteiger partial charge >= 0.3 is 7.80 Å². The molecule has 0 aliphatic carbocycles. The van der Waals surface area contributed by atoms with Gasteiger partial charge < -0.3 is 0 Å². The fraction of sp³-hybridized carbons (Fsp3) is 0.333. The highest BCUT2D eigenvalue weighted by molar-refractivity contribution is 7.43. The normalized spacial score (nSPS) is 15.1. The first-order chi connectivity index (χ1) is 8.11. The van der Waals surface area contributed by atoms with Crippen LogP contribution < -0.4 is 0 Å². The highest BCUT2D eigenvalue weighted by atomic mass is 31.1. The van der Waals surface area contributed by atoms with Gasteiger partial charge in [0.1, 0.15) is 12.8 Å². The van der Waals surface area contributed by atoms with E-state index in [1.807, 2.05) is 0 Å². The van der Waals surface area contributed by atoms with E-state index in [9.17, 15) is 14.2 Å². The van der Waals surface area contributed by atoms with Gasteiger partial charge in [-0.1, -0.05) is 16.7 Å². The predicted molar refractivity (Wildman–Crippen MR) is 64.8 cm³/mol. The van der Waals surface area contributed by atoms with Crippen LogP contribution in [0.5, 0.6) is 0 Å². The third kappa shape index (κ3) is 2.27. The summed E-state index contributed by atoms with van der Waals surface area (Å²) >= 11 is 0. The molecule has 1 aliphatic heterocycles. The minimum Gasteiger partial charge on any atom is -0.274 e. The molecule has 0 saturated heterocycles. The smallest absolute Gasteiger partial charge is 0.274 e. The first-order valence-corrected chi connectivity index (χ1v) is 7.34. The highest BCUT2D eigenvalue weighted by Crippen LogP contribution is 2.23. The number of amides is 2. The molecule has 1 atom stereocenters. The highest BCUT2D eigenvalue weighted by Gasteiger charge is 2.34. The third-order valence-electron chi connectivity index (χ3n) is 2.73. The van der Waals surface area contributed by atoms with Gasteiger partial charge in [0.2, 0.25) is 0 Å². The topological polar surface area (TPSA) is 54.5 Å². The number of rotatable bonds is 4. The van der Waals surface area contributed by atoms with Crippen molar-refractivity contribution in [3.8, 4) is 0 Å². The molecule has 1 aromatic rings.